The topological polar surface area (TPSA) is 83.6 Å². The first-order chi connectivity index (χ1) is 11.1. The number of hydrogen-bond donors (Lipinski definition) is 1. The van der Waals surface area contributed by atoms with Gasteiger partial charge in [-0.1, -0.05) is 6.92 Å². The molecule has 24 heavy (non-hydrogen) atoms. The summed E-state index contributed by atoms with van der Waals surface area (Å²) in [6.07, 6.45) is 2.18. The minimum absolute atomic E-state index is 0.140. The van der Waals surface area contributed by atoms with Crippen molar-refractivity contribution in [1.29, 1.82) is 0 Å². The lowest BCUT2D eigenvalue weighted by Gasteiger charge is -2.29. The van der Waals surface area contributed by atoms with Crippen LogP contribution in [0.2, 0.25) is 0 Å². The van der Waals surface area contributed by atoms with Gasteiger partial charge in [0.2, 0.25) is 20.0 Å². The summed E-state index contributed by atoms with van der Waals surface area (Å²) in [7, 11) is -6.94. The maximum atomic E-state index is 12.6. The van der Waals surface area contributed by atoms with E-state index in [9.17, 15) is 16.8 Å². The second kappa shape index (κ2) is 7.01. The van der Waals surface area contributed by atoms with Crippen LogP contribution >= 0.6 is 0 Å². The second-order valence-electron chi connectivity index (χ2n) is 6.43. The average Bonchev–Trinajstić information content (AvgIpc) is 2.44. The zero-order valence-corrected chi connectivity index (χ0v) is 16.3. The molecule has 8 heteroatoms. The quantitative estimate of drug-likeness (QED) is 0.857. The molecule has 0 aromatic heterocycles. The minimum atomic E-state index is -3.63. The van der Waals surface area contributed by atoms with Gasteiger partial charge in [0.25, 0.3) is 0 Å². The fourth-order valence-electron chi connectivity index (χ4n) is 2.98. The summed E-state index contributed by atoms with van der Waals surface area (Å²) in [5, 5.41) is 0. The second-order valence-corrected chi connectivity index (χ2v) is 10.1. The van der Waals surface area contributed by atoms with Crippen LogP contribution in [0.3, 0.4) is 0 Å². The van der Waals surface area contributed by atoms with Gasteiger partial charge in [-0.3, -0.25) is 4.31 Å². The Labute approximate surface area is 145 Å². The number of aryl methyl sites for hydroxylation is 2. The molecule has 0 aliphatic carbocycles. The lowest BCUT2D eigenvalue weighted by molar-refractivity contribution is 0.554. The Balaban J connectivity index is 2.46. The molecule has 2 rings (SSSR count). The number of hydrogen-bond acceptors (Lipinski definition) is 4. The van der Waals surface area contributed by atoms with Crippen LogP contribution in [-0.2, 0) is 20.0 Å². The predicted molar refractivity (Wildman–Crippen MR) is 96.4 cm³/mol. The third-order valence-electron chi connectivity index (χ3n) is 4.32. The molecule has 0 spiro atoms. The summed E-state index contributed by atoms with van der Waals surface area (Å²) in [6, 6.07) is 3.15. The molecule has 1 aromatic carbocycles. The van der Waals surface area contributed by atoms with Gasteiger partial charge in [0.05, 0.1) is 16.3 Å². The predicted octanol–water partition coefficient (Wildman–Crippen LogP) is 2.31. The summed E-state index contributed by atoms with van der Waals surface area (Å²) in [5.74, 6) is 0.140. The molecular formula is C16H26N2O4S2. The summed E-state index contributed by atoms with van der Waals surface area (Å²) in [5.41, 5.74) is 1.66. The summed E-state index contributed by atoms with van der Waals surface area (Å²) in [6.45, 7) is 7.59. The molecule has 1 unspecified atom stereocenters. The number of rotatable bonds is 5. The number of nitrogens with one attached hydrogen (secondary N) is 1. The van der Waals surface area contributed by atoms with Crippen LogP contribution in [0.1, 0.15) is 44.2 Å². The number of nitrogens with zero attached hydrogens (tertiary/aromatic N) is 1. The summed E-state index contributed by atoms with van der Waals surface area (Å²) >= 11 is 0. The van der Waals surface area contributed by atoms with Gasteiger partial charge in [0.15, 0.2) is 0 Å². The van der Waals surface area contributed by atoms with Gasteiger partial charge in [-0.2, -0.15) is 0 Å². The van der Waals surface area contributed by atoms with Crippen molar-refractivity contribution in [3.05, 3.63) is 23.3 Å². The first kappa shape index (κ1) is 19.2. The molecule has 0 radical (unpaired) electrons. The molecular weight excluding hydrogens is 348 g/mol. The van der Waals surface area contributed by atoms with E-state index in [-0.39, 0.29) is 16.7 Å². The Hall–Kier alpha value is -1.12. The van der Waals surface area contributed by atoms with Gasteiger partial charge in [-0.05, 0) is 63.3 Å². The van der Waals surface area contributed by atoms with E-state index >= 15 is 0 Å². The van der Waals surface area contributed by atoms with Gasteiger partial charge in [0.1, 0.15) is 0 Å². The molecule has 1 fully saturated rings. The van der Waals surface area contributed by atoms with Crippen molar-refractivity contribution in [2.24, 2.45) is 0 Å². The van der Waals surface area contributed by atoms with Crippen LogP contribution in [0.5, 0.6) is 0 Å². The third-order valence-corrected chi connectivity index (χ3v) is 8.08. The van der Waals surface area contributed by atoms with Crippen molar-refractivity contribution < 1.29 is 16.8 Å². The first-order valence-corrected chi connectivity index (χ1v) is 11.3. The highest BCUT2D eigenvalue weighted by Crippen LogP contribution is 2.30. The zero-order chi connectivity index (χ0) is 18.1. The molecule has 0 amide bonds. The maximum Gasteiger partial charge on any atom is 0.241 e. The third kappa shape index (κ3) is 3.92. The van der Waals surface area contributed by atoms with E-state index in [1.165, 1.54) is 4.31 Å². The summed E-state index contributed by atoms with van der Waals surface area (Å²) < 4.78 is 53.8. The van der Waals surface area contributed by atoms with E-state index in [1.807, 2.05) is 13.8 Å². The largest absolute Gasteiger partial charge is 0.270 e. The highest BCUT2D eigenvalue weighted by molar-refractivity contribution is 7.92. The Morgan fingerprint density at radius 2 is 1.79 bits per heavy atom. The van der Waals surface area contributed by atoms with Crippen LogP contribution in [0.25, 0.3) is 0 Å². The fourth-order valence-corrected chi connectivity index (χ4v) is 6.38. The molecule has 1 atom stereocenters. The van der Waals surface area contributed by atoms with E-state index in [4.69, 9.17) is 0 Å². The van der Waals surface area contributed by atoms with E-state index in [2.05, 4.69) is 4.72 Å². The summed E-state index contributed by atoms with van der Waals surface area (Å²) in [4.78, 5) is 0.237. The van der Waals surface area contributed by atoms with Crippen molar-refractivity contribution in [3.63, 3.8) is 0 Å². The van der Waals surface area contributed by atoms with Crippen LogP contribution in [-0.4, -0.2) is 35.2 Å². The molecule has 0 bridgehead atoms. The number of benzene rings is 1. The molecule has 1 aromatic rings. The Morgan fingerprint density at radius 1 is 1.21 bits per heavy atom. The minimum Gasteiger partial charge on any atom is -0.270 e. The fraction of sp³-hybridized carbons (Fsp3) is 0.625. The average molecular weight is 375 g/mol. The molecule has 1 aliphatic rings. The molecule has 1 saturated heterocycles. The Bertz CT molecular complexity index is 793. The Kier molecular flexibility index (Phi) is 5.61. The van der Waals surface area contributed by atoms with Crippen molar-refractivity contribution >= 4 is 25.7 Å². The molecule has 1 aliphatic heterocycles. The molecule has 6 nitrogen and oxygen atoms in total. The smallest absolute Gasteiger partial charge is 0.241 e. The van der Waals surface area contributed by atoms with Gasteiger partial charge in [0, 0.05) is 12.6 Å². The van der Waals surface area contributed by atoms with E-state index in [0.29, 0.717) is 36.2 Å². The molecule has 1 N–H and O–H groups in total. The lowest BCUT2D eigenvalue weighted by Crippen LogP contribution is -2.38. The highest BCUT2D eigenvalue weighted by atomic mass is 32.2. The lowest BCUT2D eigenvalue weighted by atomic mass is 10.1. The van der Waals surface area contributed by atoms with Crippen molar-refractivity contribution in [3.8, 4) is 0 Å². The van der Waals surface area contributed by atoms with Crippen molar-refractivity contribution in [1.82, 2.24) is 4.72 Å². The van der Waals surface area contributed by atoms with Crippen LogP contribution in [0.4, 0.5) is 5.69 Å². The number of anilines is 1. The van der Waals surface area contributed by atoms with E-state index < -0.39 is 20.0 Å². The molecule has 136 valence electrons. The van der Waals surface area contributed by atoms with Crippen molar-refractivity contribution in [2.75, 3.05) is 16.6 Å². The normalized spacial score (nSPS) is 19.2. The van der Waals surface area contributed by atoms with Crippen LogP contribution in [0, 0.1) is 13.8 Å². The van der Waals surface area contributed by atoms with Gasteiger partial charge < -0.3 is 0 Å². The first-order valence-electron chi connectivity index (χ1n) is 8.22. The van der Waals surface area contributed by atoms with Gasteiger partial charge in [-0.25, -0.2) is 21.6 Å². The highest BCUT2D eigenvalue weighted by Gasteiger charge is 2.28. The van der Waals surface area contributed by atoms with Crippen LogP contribution < -0.4 is 9.03 Å². The van der Waals surface area contributed by atoms with Gasteiger partial charge >= 0.3 is 0 Å². The Morgan fingerprint density at radius 3 is 2.29 bits per heavy atom. The molecule has 1 heterocycles. The maximum absolute atomic E-state index is 12.6. The van der Waals surface area contributed by atoms with Crippen molar-refractivity contribution in [2.45, 2.75) is 57.9 Å². The monoisotopic (exact) mass is 374 g/mol. The standard InChI is InChI=1S/C16H26N2O4S2/c1-5-14(4)17-24(21,22)16-12(2)10-15(11-13(16)3)18-8-6-7-9-23(18,19)20/h10-11,14,17H,5-9H2,1-4H3. The van der Waals surface area contributed by atoms with Crippen LogP contribution in [0.15, 0.2) is 17.0 Å². The SMILES string of the molecule is CCC(C)NS(=O)(=O)c1c(C)cc(N2CCCCS2(=O)=O)cc1C. The molecule has 0 saturated carbocycles. The van der Waals surface area contributed by atoms with E-state index in [0.717, 1.165) is 6.42 Å². The van der Waals surface area contributed by atoms with Gasteiger partial charge in [-0.15, -0.1) is 0 Å². The van der Waals surface area contributed by atoms with E-state index in [1.54, 1.807) is 26.0 Å². The zero-order valence-electron chi connectivity index (χ0n) is 14.7. The number of sulfonamides is 2.